The first-order chi connectivity index (χ1) is 16.1. The maximum Gasteiger partial charge on any atom is 0.334 e. The second kappa shape index (κ2) is 7.00. The van der Waals surface area contributed by atoms with Gasteiger partial charge in [0.25, 0.3) is 0 Å². The molecule has 2 aromatic rings. The summed E-state index contributed by atoms with van der Waals surface area (Å²) in [5.41, 5.74) is -0.437. The Hall–Kier alpha value is -4.00. The van der Waals surface area contributed by atoms with Gasteiger partial charge in [0.05, 0.1) is 0 Å². The van der Waals surface area contributed by atoms with Gasteiger partial charge in [-0.25, -0.2) is 9.59 Å². The second-order valence-electron chi connectivity index (χ2n) is 9.10. The van der Waals surface area contributed by atoms with Gasteiger partial charge in [-0.15, -0.1) is 0 Å². The summed E-state index contributed by atoms with van der Waals surface area (Å²) < 4.78 is 17.3. The van der Waals surface area contributed by atoms with E-state index < -0.39 is 46.9 Å². The molecule has 4 unspecified atom stereocenters. The van der Waals surface area contributed by atoms with Crippen molar-refractivity contribution >= 4 is 23.9 Å². The van der Waals surface area contributed by atoms with Gasteiger partial charge in [-0.3, -0.25) is 9.59 Å². The van der Waals surface area contributed by atoms with E-state index in [9.17, 15) is 19.2 Å². The summed E-state index contributed by atoms with van der Waals surface area (Å²) in [5, 5.41) is 0. The second-order valence-corrected chi connectivity index (χ2v) is 9.10. The Bertz CT molecular complexity index is 1350. The van der Waals surface area contributed by atoms with Crippen molar-refractivity contribution in [3.8, 4) is 0 Å². The summed E-state index contributed by atoms with van der Waals surface area (Å²) in [5.74, 6) is -5.65. The van der Waals surface area contributed by atoms with Gasteiger partial charge >= 0.3 is 23.9 Å². The number of carbonyl (C=O) groups excluding carboxylic acids is 4. The predicted octanol–water partition coefficient (Wildman–Crippen LogP) is 3.36. The highest BCUT2D eigenvalue weighted by molar-refractivity contribution is 6.02. The monoisotopic (exact) mass is 458 g/mol. The van der Waals surface area contributed by atoms with Gasteiger partial charge < -0.3 is 14.2 Å². The molecule has 34 heavy (non-hydrogen) atoms. The Balaban J connectivity index is 1.95. The van der Waals surface area contributed by atoms with E-state index >= 15 is 0 Å². The molecule has 1 aliphatic heterocycles. The van der Waals surface area contributed by atoms with Crippen molar-refractivity contribution in [2.45, 2.75) is 32.0 Å². The summed E-state index contributed by atoms with van der Waals surface area (Å²) >= 11 is 0. The SMILES string of the molecule is C=C(C)C(=O)OC12c3ccccc3C(OC(=O)C(=C)C)(c3cc(C)ccc31)C1C(=O)OC(=O)C12. The van der Waals surface area contributed by atoms with E-state index in [1.165, 1.54) is 13.8 Å². The Kier molecular flexibility index (Phi) is 4.49. The largest absolute Gasteiger partial charge is 0.445 e. The first-order valence-electron chi connectivity index (χ1n) is 10.8. The van der Waals surface area contributed by atoms with Crippen LogP contribution >= 0.6 is 0 Å². The molecule has 0 N–H and O–H groups in total. The molecule has 6 rings (SSSR count). The van der Waals surface area contributed by atoms with Crippen LogP contribution in [0.3, 0.4) is 0 Å². The number of aryl methyl sites for hydroxylation is 1. The molecule has 1 saturated heterocycles. The molecule has 2 bridgehead atoms. The summed E-state index contributed by atoms with van der Waals surface area (Å²) in [6.07, 6.45) is 0. The molecule has 0 amide bonds. The molecule has 2 aromatic carbocycles. The zero-order valence-corrected chi connectivity index (χ0v) is 19.0. The molecule has 0 saturated carbocycles. The number of ether oxygens (including phenoxy) is 3. The van der Waals surface area contributed by atoms with Gasteiger partial charge in [0, 0.05) is 33.4 Å². The fourth-order valence-electron chi connectivity index (χ4n) is 5.49. The predicted molar refractivity (Wildman–Crippen MR) is 119 cm³/mol. The van der Waals surface area contributed by atoms with Crippen LogP contribution in [-0.4, -0.2) is 23.9 Å². The highest BCUT2D eigenvalue weighted by Crippen LogP contribution is 2.67. The van der Waals surface area contributed by atoms with E-state index in [1.54, 1.807) is 36.4 Å². The summed E-state index contributed by atoms with van der Waals surface area (Å²) in [7, 11) is 0. The number of cyclic esters (lactones) is 2. The average Bonchev–Trinajstić information content (AvgIpc) is 3.10. The topological polar surface area (TPSA) is 96.0 Å². The van der Waals surface area contributed by atoms with Crippen LogP contribution in [0.5, 0.6) is 0 Å². The van der Waals surface area contributed by atoms with Crippen LogP contribution in [0.15, 0.2) is 66.8 Å². The van der Waals surface area contributed by atoms with E-state index in [2.05, 4.69) is 13.2 Å². The molecule has 1 fully saturated rings. The lowest BCUT2D eigenvalue weighted by Crippen LogP contribution is -2.64. The molecule has 0 aromatic heterocycles. The number of rotatable bonds is 4. The normalized spacial score (nSPS) is 27.7. The zero-order valence-electron chi connectivity index (χ0n) is 19.0. The van der Waals surface area contributed by atoms with Gasteiger partial charge in [-0.1, -0.05) is 61.2 Å². The van der Waals surface area contributed by atoms with Gasteiger partial charge in [-0.2, -0.15) is 0 Å². The lowest BCUT2D eigenvalue weighted by Gasteiger charge is -2.57. The maximum atomic E-state index is 13.2. The van der Waals surface area contributed by atoms with Crippen molar-refractivity contribution in [3.63, 3.8) is 0 Å². The molecule has 4 aliphatic rings. The maximum absolute atomic E-state index is 13.2. The smallest absolute Gasteiger partial charge is 0.334 e. The molecule has 7 heteroatoms. The number of carbonyl (C=O) groups is 4. The molecule has 0 radical (unpaired) electrons. The van der Waals surface area contributed by atoms with Crippen LogP contribution in [0, 0.1) is 18.8 Å². The Morgan fingerprint density at radius 1 is 0.794 bits per heavy atom. The average molecular weight is 458 g/mol. The van der Waals surface area contributed by atoms with E-state index in [4.69, 9.17) is 14.2 Å². The van der Waals surface area contributed by atoms with Crippen LogP contribution < -0.4 is 0 Å². The minimum absolute atomic E-state index is 0.130. The van der Waals surface area contributed by atoms with Gasteiger partial charge in [0.15, 0.2) is 11.2 Å². The Morgan fingerprint density at radius 2 is 1.24 bits per heavy atom. The fourth-order valence-corrected chi connectivity index (χ4v) is 5.49. The van der Waals surface area contributed by atoms with E-state index in [-0.39, 0.29) is 11.1 Å². The molecule has 1 heterocycles. The Labute approximate surface area is 196 Å². The molecule has 3 aliphatic carbocycles. The molecule has 4 atom stereocenters. The minimum Gasteiger partial charge on any atom is -0.445 e. The van der Waals surface area contributed by atoms with Crippen molar-refractivity contribution in [1.82, 2.24) is 0 Å². The summed E-state index contributed by atoms with van der Waals surface area (Å²) in [6, 6.07) is 12.2. The quantitative estimate of drug-likeness (QED) is 0.300. The van der Waals surface area contributed by atoms with Crippen molar-refractivity contribution in [2.24, 2.45) is 11.8 Å². The summed E-state index contributed by atoms with van der Waals surface area (Å²) in [4.78, 5) is 52.3. The summed E-state index contributed by atoms with van der Waals surface area (Å²) in [6.45, 7) is 12.2. The third-order valence-corrected chi connectivity index (χ3v) is 6.83. The van der Waals surface area contributed by atoms with Crippen molar-refractivity contribution in [1.29, 1.82) is 0 Å². The van der Waals surface area contributed by atoms with E-state index in [1.807, 2.05) is 13.0 Å². The first-order valence-corrected chi connectivity index (χ1v) is 10.8. The lowest BCUT2D eigenvalue weighted by molar-refractivity contribution is -0.189. The van der Waals surface area contributed by atoms with Crippen LogP contribution in [0.4, 0.5) is 0 Å². The van der Waals surface area contributed by atoms with Crippen LogP contribution in [0.2, 0.25) is 0 Å². The van der Waals surface area contributed by atoms with Gasteiger partial charge in [0.1, 0.15) is 11.8 Å². The standard InChI is InChI=1S/C27H22O7/c1-13(2)22(28)33-26-16-8-6-7-9-17(16)27(34-23(29)14(3)4,19-12-15(5)10-11-18(19)26)21-20(26)24(30)32-25(21)31/h6-12,20-21H,1,3H2,2,4-5H3. The third kappa shape index (κ3) is 2.52. The molecule has 0 spiro atoms. The van der Waals surface area contributed by atoms with Crippen LogP contribution in [0.25, 0.3) is 0 Å². The van der Waals surface area contributed by atoms with Crippen molar-refractivity contribution in [3.05, 3.63) is 94.6 Å². The molecule has 172 valence electrons. The molecular formula is C27H22O7. The van der Waals surface area contributed by atoms with Crippen molar-refractivity contribution in [2.75, 3.05) is 0 Å². The van der Waals surface area contributed by atoms with Crippen molar-refractivity contribution < 1.29 is 33.4 Å². The molecule has 7 nitrogen and oxygen atoms in total. The van der Waals surface area contributed by atoms with Gasteiger partial charge in [0.2, 0.25) is 0 Å². The highest BCUT2D eigenvalue weighted by Gasteiger charge is 2.77. The number of hydrogen-bond acceptors (Lipinski definition) is 7. The lowest BCUT2D eigenvalue weighted by atomic mass is 9.50. The number of esters is 4. The highest BCUT2D eigenvalue weighted by atomic mass is 16.6. The Morgan fingerprint density at radius 3 is 1.71 bits per heavy atom. The van der Waals surface area contributed by atoms with E-state index in [0.29, 0.717) is 22.3 Å². The number of hydrogen-bond donors (Lipinski definition) is 0. The van der Waals surface area contributed by atoms with Crippen LogP contribution in [0.1, 0.15) is 41.7 Å². The zero-order chi connectivity index (χ0) is 24.6. The first kappa shape index (κ1) is 21.8. The number of benzene rings is 2. The minimum atomic E-state index is -1.67. The van der Waals surface area contributed by atoms with Crippen LogP contribution in [-0.2, 0) is 44.6 Å². The molecular weight excluding hydrogens is 436 g/mol. The fraction of sp³-hybridized carbons (Fsp3) is 0.259. The third-order valence-electron chi connectivity index (χ3n) is 6.83. The van der Waals surface area contributed by atoms with Gasteiger partial charge in [-0.05, 0) is 20.8 Å². The van der Waals surface area contributed by atoms with E-state index in [0.717, 1.165) is 5.56 Å².